The van der Waals surface area contributed by atoms with Gasteiger partial charge in [0.2, 0.25) is 17.6 Å². The Morgan fingerprint density at radius 2 is 2.35 bits per heavy atom. The van der Waals surface area contributed by atoms with Gasteiger partial charge in [0, 0.05) is 26.2 Å². The van der Waals surface area contributed by atoms with Crippen LogP contribution in [0.4, 0.5) is 0 Å². The fourth-order valence-corrected chi connectivity index (χ4v) is 3.30. The van der Waals surface area contributed by atoms with Crippen LogP contribution in [0.3, 0.4) is 0 Å². The molecule has 0 bridgehead atoms. The van der Waals surface area contributed by atoms with Crippen molar-refractivity contribution in [3.05, 3.63) is 23.4 Å². The molecule has 0 unspecified atom stereocenters. The van der Waals surface area contributed by atoms with Crippen LogP contribution < -0.4 is 5.32 Å². The summed E-state index contributed by atoms with van der Waals surface area (Å²) in [5, 5.41) is 9.01. The highest BCUT2D eigenvalue weighted by molar-refractivity contribution is 7.13. The summed E-state index contributed by atoms with van der Waals surface area (Å²) in [6.45, 7) is 2.56. The number of likely N-dealkylation sites (tertiary alicyclic amines) is 1. The van der Waals surface area contributed by atoms with Gasteiger partial charge in [-0.05, 0) is 24.3 Å². The number of aromatic nitrogens is 2. The first kappa shape index (κ1) is 16.1. The number of hydrogen-bond donors (Lipinski definition) is 1. The summed E-state index contributed by atoms with van der Waals surface area (Å²) in [6, 6.07) is 4.17. The number of nitrogens with one attached hydrogen (secondary N) is 1. The lowest BCUT2D eigenvalue weighted by molar-refractivity contribution is -0.125. The Balaban J connectivity index is 1.46. The molecule has 7 nitrogen and oxygen atoms in total. The first-order valence-corrected chi connectivity index (χ1v) is 8.49. The van der Waals surface area contributed by atoms with E-state index in [9.17, 15) is 4.79 Å². The lowest BCUT2D eigenvalue weighted by atomic mass is 10.1. The van der Waals surface area contributed by atoms with Gasteiger partial charge in [-0.25, -0.2) is 0 Å². The third-order valence-corrected chi connectivity index (χ3v) is 4.66. The summed E-state index contributed by atoms with van der Waals surface area (Å²) in [5.41, 5.74) is 0. The molecule has 0 spiro atoms. The van der Waals surface area contributed by atoms with Crippen LogP contribution in [0.2, 0.25) is 0 Å². The molecule has 1 fully saturated rings. The Kier molecular flexibility index (Phi) is 5.37. The minimum Gasteiger partial charge on any atom is -0.375 e. The zero-order chi connectivity index (χ0) is 16.1. The number of amides is 1. The van der Waals surface area contributed by atoms with Crippen molar-refractivity contribution in [2.75, 3.05) is 26.8 Å². The van der Waals surface area contributed by atoms with Crippen LogP contribution in [0.5, 0.6) is 0 Å². The van der Waals surface area contributed by atoms with E-state index < -0.39 is 0 Å². The van der Waals surface area contributed by atoms with E-state index >= 15 is 0 Å². The molecule has 1 N–H and O–H groups in total. The van der Waals surface area contributed by atoms with E-state index in [-0.39, 0.29) is 18.6 Å². The maximum atomic E-state index is 11.5. The van der Waals surface area contributed by atoms with Gasteiger partial charge in [0.15, 0.2) is 0 Å². The second-order valence-electron chi connectivity index (χ2n) is 5.54. The molecule has 0 aromatic carbocycles. The molecular weight excluding hydrogens is 316 g/mol. The summed E-state index contributed by atoms with van der Waals surface area (Å²) < 4.78 is 10.2. The first-order chi connectivity index (χ1) is 11.2. The predicted octanol–water partition coefficient (Wildman–Crippen LogP) is 1.53. The third-order valence-electron chi connectivity index (χ3n) is 3.80. The topological polar surface area (TPSA) is 80.5 Å². The number of rotatable bonds is 6. The second-order valence-corrected chi connectivity index (χ2v) is 6.49. The summed E-state index contributed by atoms with van der Waals surface area (Å²) in [6.07, 6.45) is 1.84. The molecule has 1 amide bonds. The predicted molar refractivity (Wildman–Crippen MR) is 85.9 cm³/mol. The van der Waals surface area contributed by atoms with Crippen molar-refractivity contribution in [3.63, 3.8) is 0 Å². The third kappa shape index (κ3) is 4.37. The molecule has 0 aliphatic carbocycles. The molecule has 0 atom stereocenters. The number of methoxy groups -OCH3 is 1. The van der Waals surface area contributed by atoms with Crippen molar-refractivity contribution in [2.45, 2.75) is 25.4 Å². The highest BCUT2D eigenvalue weighted by Crippen LogP contribution is 2.22. The molecular formula is C15H20N4O3S. The van der Waals surface area contributed by atoms with Gasteiger partial charge >= 0.3 is 0 Å². The van der Waals surface area contributed by atoms with E-state index in [0.29, 0.717) is 18.3 Å². The average Bonchev–Trinajstić information content (AvgIpc) is 3.20. The molecule has 2 aromatic heterocycles. The van der Waals surface area contributed by atoms with Crippen molar-refractivity contribution in [1.29, 1.82) is 0 Å². The van der Waals surface area contributed by atoms with Crippen LogP contribution in [-0.2, 0) is 16.1 Å². The van der Waals surface area contributed by atoms with Gasteiger partial charge in [0.1, 0.15) is 6.61 Å². The van der Waals surface area contributed by atoms with Crippen LogP contribution in [0.1, 0.15) is 18.7 Å². The molecule has 0 saturated carbocycles. The lowest BCUT2D eigenvalue weighted by Gasteiger charge is -2.31. The van der Waals surface area contributed by atoms with E-state index in [2.05, 4.69) is 20.4 Å². The number of nitrogens with zero attached hydrogens (tertiary/aromatic N) is 3. The number of hydrogen-bond acceptors (Lipinski definition) is 7. The minimum atomic E-state index is -0.0524. The Morgan fingerprint density at radius 1 is 1.52 bits per heavy atom. The van der Waals surface area contributed by atoms with Crippen molar-refractivity contribution in [1.82, 2.24) is 20.4 Å². The molecule has 0 radical (unpaired) electrons. The Hall–Kier alpha value is -1.77. The standard InChI is InChI=1S/C15H20N4O3S/c1-21-10-13(20)16-11-4-6-19(7-5-11)9-14-17-15(18-22-14)12-3-2-8-23-12/h2-3,8,11H,4-7,9-10H2,1H3,(H,16,20). The summed E-state index contributed by atoms with van der Waals surface area (Å²) in [7, 11) is 1.52. The van der Waals surface area contributed by atoms with Gasteiger partial charge in [0.25, 0.3) is 0 Å². The SMILES string of the molecule is COCC(=O)NC1CCN(Cc2nc(-c3cccs3)no2)CC1. The van der Waals surface area contributed by atoms with E-state index in [0.717, 1.165) is 30.8 Å². The Bertz CT molecular complexity index is 620. The molecule has 3 rings (SSSR count). The van der Waals surface area contributed by atoms with Crippen LogP contribution in [0.25, 0.3) is 10.7 Å². The molecule has 8 heteroatoms. The monoisotopic (exact) mass is 336 g/mol. The van der Waals surface area contributed by atoms with Crippen molar-refractivity contribution in [2.24, 2.45) is 0 Å². The highest BCUT2D eigenvalue weighted by Gasteiger charge is 2.22. The quantitative estimate of drug-likeness (QED) is 0.861. The largest absolute Gasteiger partial charge is 0.375 e. The van der Waals surface area contributed by atoms with Gasteiger partial charge in [-0.15, -0.1) is 11.3 Å². The molecule has 1 aliphatic heterocycles. The molecule has 124 valence electrons. The molecule has 3 heterocycles. The van der Waals surface area contributed by atoms with Crippen molar-refractivity contribution < 1.29 is 14.1 Å². The van der Waals surface area contributed by atoms with Gasteiger partial charge in [-0.3, -0.25) is 9.69 Å². The van der Waals surface area contributed by atoms with E-state index in [4.69, 9.17) is 9.26 Å². The zero-order valence-corrected chi connectivity index (χ0v) is 13.8. The minimum absolute atomic E-state index is 0.0524. The van der Waals surface area contributed by atoms with E-state index in [1.165, 1.54) is 7.11 Å². The lowest BCUT2D eigenvalue weighted by Crippen LogP contribution is -2.45. The van der Waals surface area contributed by atoms with E-state index in [1.54, 1.807) is 11.3 Å². The van der Waals surface area contributed by atoms with E-state index in [1.807, 2.05) is 17.5 Å². The van der Waals surface area contributed by atoms with Gasteiger partial charge in [-0.2, -0.15) is 4.98 Å². The fraction of sp³-hybridized carbons (Fsp3) is 0.533. The van der Waals surface area contributed by atoms with Crippen molar-refractivity contribution >= 4 is 17.2 Å². The number of carbonyl (C=O) groups is 1. The number of carbonyl (C=O) groups excluding carboxylic acids is 1. The molecule has 23 heavy (non-hydrogen) atoms. The summed E-state index contributed by atoms with van der Waals surface area (Å²) in [5.74, 6) is 1.23. The fourth-order valence-electron chi connectivity index (χ4n) is 2.65. The maximum Gasteiger partial charge on any atom is 0.246 e. The van der Waals surface area contributed by atoms with Crippen LogP contribution in [-0.4, -0.2) is 53.8 Å². The summed E-state index contributed by atoms with van der Waals surface area (Å²) in [4.78, 5) is 19.2. The molecule has 2 aromatic rings. The zero-order valence-electron chi connectivity index (χ0n) is 13.0. The van der Waals surface area contributed by atoms with Gasteiger partial charge in [-0.1, -0.05) is 11.2 Å². The number of piperidine rings is 1. The van der Waals surface area contributed by atoms with Crippen LogP contribution >= 0.6 is 11.3 Å². The normalized spacial score (nSPS) is 16.6. The number of thiophene rings is 1. The second kappa shape index (κ2) is 7.67. The van der Waals surface area contributed by atoms with Gasteiger partial charge < -0.3 is 14.6 Å². The Labute approximate surface area is 138 Å². The van der Waals surface area contributed by atoms with Crippen LogP contribution in [0, 0.1) is 0 Å². The maximum absolute atomic E-state index is 11.5. The summed E-state index contributed by atoms with van der Waals surface area (Å²) >= 11 is 1.60. The first-order valence-electron chi connectivity index (χ1n) is 7.61. The van der Waals surface area contributed by atoms with Crippen LogP contribution in [0.15, 0.2) is 22.0 Å². The Morgan fingerprint density at radius 3 is 3.04 bits per heavy atom. The smallest absolute Gasteiger partial charge is 0.246 e. The van der Waals surface area contributed by atoms with Gasteiger partial charge in [0.05, 0.1) is 11.4 Å². The number of ether oxygens (including phenoxy) is 1. The average molecular weight is 336 g/mol. The molecule has 1 saturated heterocycles. The highest BCUT2D eigenvalue weighted by atomic mass is 32.1. The molecule has 1 aliphatic rings. The van der Waals surface area contributed by atoms with Crippen molar-refractivity contribution in [3.8, 4) is 10.7 Å².